The lowest BCUT2D eigenvalue weighted by atomic mass is 10.1. The number of unbranched alkanes of at least 4 members (excludes halogenated alkanes) is 2. The molecule has 0 radical (unpaired) electrons. The van der Waals surface area contributed by atoms with Crippen molar-refractivity contribution in [3.8, 4) is 37.6 Å². The second-order valence-electron chi connectivity index (χ2n) is 4.43. The Balaban J connectivity index is 4.09. The minimum Gasteiger partial charge on any atom is -0.460 e. The topological polar surface area (TPSA) is 74.2 Å². The average molecular weight is 336 g/mol. The summed E-state index contributed by atoms with van der Waals surface area (Å²) in [6.07, 6.45) is 24.1. The van der Waals surface area contributed by atoms with E-state index in [0.717, 1.165) is 12.5 Å². The zero-order valence-electron chi connectivity index (χ0n) is 12.8. The zero-order valence-corrected chi connectivity index (χ0v) is 13.8. The summed E-state index contributed by atoms with van der Waals surface area (Å²) < 4.78 is 19.8. The molecule has 0 aromatic rings. The number of aliphatic hydroxyl groups is 1. The van der Waals surface area contributed by atoms with Gasteiger partial charge in [-0.3, -0.25) is 0 Å². The molecule has 0 bridgehead atoms. The van der Waals surface area contributed by atoms with Crippen LogP contribution in [0, 0.1) is 37.6 Å². The monoisotopic (exact) mass is 336 g/mol. The van der Waals surface area contributed by atoms with Gasteiger partial charge in [0.25, 0.3) is 0 Å². The van der Waals surface area contributed by atoms with Gasteiger partial charge in [-0.05, 0) is 12.8 Å². The third kappa shape index (κ3) is 9.16. The fraction of sp³-hybridized carbons (Fsp3) is 0.438. The third-order valence-corrected chi connectivity index (χ3v) is 5.00. The molecule has 0 aliphatic rings. The highest BCUT2D eigenvalue weighted by Gasteiger charge is 2.47. The highest BCUT2D eigenvalue weighted by Crippen LogP contribution is 2.19. The van der Waals surface area contributed by atoms with E-state index >= 15 is 0 Å². The van der Waals surface area contributed by atoms with Crippen molar-refractivity contribution in [1.29, 1.82) is 0 Å². The Morgan fingerprint density at radius 2 is 1.70 bits per heavy atom. The molecule has 0 saturated carbocycles. The van der Waals surface area contributed by atoms with Crippen LogP contribution in [-0.2, 0) is 22.8 Å². The van der Waals surface area contributed by atoms with Gasteiger partial charge in [-0.1, -0.05) is 38.7 Å². The first-order valence-electron chi connectivity index (χ1n) is 6.91. The Hall–Kier alpha value is -2.53. The van der Waals surface area contributed by atoms with Gasteiger partial charge in [0.15, 0.2) is 0 Å². The zero-order chi connectivity index (χ0) is 17.6. The first-order valence-corrected chi connectivity index (χ1v) is 8.84. The van der Waals surface area contributed by atoms with E-state index in [0.29, 0.717) is 25.3 Å². The molecule has 6 nitrogen and oxygen atoms in total. The molecule has 0 amide bonds. The van der Waals surface area contributed by atoms with Crippen molar-refractivity contribution >= 4 is 14.8 Å². The Bertz CT molecular complexity index is 455. The average Bonchev–Trinajstić information content (AvgIpc) is 2.53. The number of carbonyl (C=O) groups is 1. The van der Waals surface area contributed by atoms with Crippen molar-refractivity contribution in [3.05, 3.63) is 12.7 Å². The largest absolute Gasteiger partial charge is 0.725 e. The first kappa shape index (κ1) is 20.5. The van der Waals surface area contributed by atoms with Crippen LogP contribution >= 0.6 is 0 Å². The molecule has 0 heterocycles. The number of carbonyl (C=O) groups excluding carboxylic acids is 1. The molecule has 0 aromatic carbocycles. The van der Waals surface area contributed by atoms with Crippen molar-refractivity contribution in [2.45, 2.75) is 37.8 Å². The normalized spacial score (nSPS) is 11.0. The number of rotatable bonds is 12. The number of hydrogen-bond acceptors (Lipinski definition) is 6. The second kappa shape index (κ2) is 12.1. The van der Waals surface area contributed by atoms with E-state index in [1.165, 1.54) is 0 Å². The number of terminal acetylenes is 3. The Labute approximate surface area is 138 Å². The van der Waals surface area contributed by atoms with E-state index in [-0.39, 0.29) is 6.61 Å². The molecule has 0 aromatic heterocycles. The lowest BCUT2D eigenvalue weighted by Gasteiger charge is -2.20. The fourth-order valence-corrected chi connectivity index (χ4v) is 3.36. The molecule has 23 heavy (non-hydrogen) atoms. The molecular formula is C16H20O6Si. The van der Waals surface area contributed by atoms with Gasteiger partial charge in [0.05, 0.1) is 30.5 Å². The van der Waals surface area contributed by atoms with Crippen molar-refractivity contribution in [1.82, 2.24) is 0 Å². The Kier molecular flexibility index (Phi) is 10.7. The van der Waals surface area contributed by atoms with Crippen LogP contribution in [0.5, 0.6) is 0 Å². The van der Waals surface area contributed by atoms with Crippen LogP contribution in [0.15, 0.2) is 12.7 Å². The molecule has 0 rings (SSSR count). The highest BCUT2D eigenvalue weighted by molar-refractivity contribution is 6.61. The maximum Gasteiger partial charge on any atom is 0.725 e. The van der Waals surface area contributed by atoms with Gasteiger partial charge in [-0.15, -0.1) is 0 Å². The van der Waals surface area contributed by atoms with Crippen LogP contribution < -0.4 is 0 Å². The van der Waals surface area contributed by atoms with E-state index in [9.17, 15) is 9.90 Å². The van der Waals surface area contributed by atoms with Gasteiger partial charge < -0.3 is 23.1 Å². The predicted octanol–water partition coefficient (Wildman–Crippen LogP) is 1.40. The van der Waals surface area contributed by atoms with Crippen molar-refractivity contribution in [3.63, 3.8) is 0 Å². The van der Waals surface area contributed by atoms with Gasteiger partial charge in [-0.2, -0.15) is 0 Å². The summed E-state index contributed by atoms with van der Waals surface area (Å²) in [6.45, 7) is 3.20. The summed E-state index contributed by atoms with van der Waals surface area (Å²) in [5.74, 6) is -0.566. The summed E-state index contributed by atoms with van der Waals surface area (Å²) >= 11 is 0. The molecule has 7 heteroatoms. The summed E-state index contributed by atoms with van der Waals surface area (Å²) in [5, 5.41) is 9.65. The SMILES string of the molecule is C#CO[Si](CCCCCC(O)COC(=O)C=C)(OC#C)OC#C. The maximum absolute atomic E-state index is 10.9. The molecule has 0 spiro atoms. The molecule has 1 unspecified atom stereocenters. The lowest BCUT2D eigenvalue weighted by Crippen LogP contribution is -2.42. The standard InChI is InChI=1S/C16H20O6Si/c1-5-16(18)19-14-15(17)12-10-9-11-13-23(20-6-2,21-7-3)22-8-4/h2-5,15,17H,1,9-14H2. The van der Waals surface area contributed by atoms with E-state index in [1.807, 2.05) is 18.3 Å². The number of ether oxygens (including phenoxy) is 1. The quantitative estimate of drug-likeness (QED) is 0.191. The molecule has 1 N–H and O–H groups in total. The van der Waals surface area contributed by atoms with Gasteiger partial charge in [0, 0.05) is 6.08 Å². The van der Waals surface area contributed by atoms with Crippen LogP contribution in [-0.4, -0.2) is 32.6 Å². The van der Waals surface area contributed by atoms with Gasteiger partial charge in [0.2, 0.25) is 0 Å². The van der Waals surface area contributed by atoms with Gasteiger partial charge in [-0.25, -0.2) is 4.79 Å². The van der Waals surface area contributed by atoms with E-state index in [2.05, 4.69) is 6.58 Å². The molecular weight excluding hydrogens is 316 g/mol. The fourth-order valence-electron chi connectivity index (χ4n) is 1.70. The molecule has 0 aliphatic heterocycles. The van der Waals surface area contributed by atoms with Crippen molar-refractivity contribution in [2.75, 3.05) is 6.61 Å². The number of esters is 1. The molecule has 0 aliphatic carbocycles. The third-order valence-electron chi connectivity index (χ3n) is 2.75. The van der Waals surface area contributed by atoms with Crippen LogP contribution in [0.4, 0.5) is 0 Å². The van der Waals surface area contributed by atoms with E-state index in [1.54, 1.807) is 0 Å². The summed E-state index contributed by atoms with van der Waals surface area (Å²) in [5.41, 5.74) is 0. The van der Waals surface area contributed by atoms with E-state index in [4.69, 9.17) is 37.3 Å². The lowest BCUT2D eigenvalue weighted by molar-refractivity contribution is -0.140. The van der Waals surface area contributed by atoms with Crippen LogP contribution in [0.1, 0.15) is 25.7 Å². The van der Waals surface area contributed by atoms with Gasteiger partial charge >= 0.3 is 14.8 Å². The Morgan fingerprint density at radius 1 is 1.13 bits per heavy atom. The van der Waals surface area contributed by atoms with Crippen LogP contribution in [0.3, 0.4) is 0 Å². The van der Waals surface area contributed by atoms with E-state index < -0.39 is 20.9 Å². The molecule has 0 saturated heterocycles. The number of aliphatic hydroxyl groups excluding tert-OH is 1. The first-order chi connectivity index (χ1) is 11.0. The highest BCUT2D eigenvalue weighted by atomic mass is 28.4. The number of hydrogen-bond donors (Lipinski definition) is 1. The molecule has 1 atom stereocenters. The minimum atomic E-state index is -3.26. The summed E-state index contributed by atoms with van der Waals surface area (Å²) in [7, 11) is -3.26. The minimum absolute atomic E-state index is 0.0653. The second-order valence-corrected chi connectivity index (χ2v) is 6.91. The van der Waals surface area contributed by atoms with Crippen molar-refractivity contribution < 1.29 is 27.9 Å². The van der Waals surface area contributed by atoms with Gasteiger partial charge in [0.1, 0.15) is 6.61 Å². The van der Waals surface area contributed by atoms with Crippen molar-refractivity contribution in [2.24, 2.45) is 0 Å². The summed E-state index contributed by atoms with van der Waals surface area (Å²) in [6, 6.07) is 0.354. The van der Waals surface area contributed by atoms with Crippen LogP contribution in [0.2, 0.25) is 6.04 Å². The Morgan fingerprint density at radius 3 is 2.17 bits per heavy atom. The predicted molar refractivity (Wildman–Crippen MR) is 85.9 cm³/mol. The molecule has 0 fully saturated rings. The summed E-state index contributed by atoms with van der Waals surface area (Å²) in [4.78, 5) is 10.9. The van der Waals surface area contributed by atoms with Crippen LogP contribution in [0.25, 0.3) is 0 Å². The molecule has 124 valence electrons. The maximum atomic E-state index is 10.9. The smallest absolute Gasteiger partial charge is 0.460 e.